The van der Waals surface area contributed by atoms with E-state index in [0.29, 0.717) is 22.6 Å². The third-order valence-electron chi connectivity index (χ3n) is 4.52. The SMILES string of the molecule is CN(C)S(=O)(=O)c1ccc2nc(-c3cc4cc(Br)ccc4o3)cc(C(=O)O)c2c1. The number of pyridine rings is 1. The Labute approximate surface area is 174 Å². The van der Waals surface area contributed by atoms with E-state index in [-0.39, 0.29) is 15.8 Å². The number of carboxylic acids is 1. The van der Waals surface area contributed by atoms with Gasteiger partial charge in [-0.15, -0.1) is 0 Å². The second-order valence-corrected chi connectivity index (χ2v) is 9.69. The average Bonchev–Trinajstić information content (AvgIpc) is 3.09. The largest absolute Gasteiger partial charge is 0.478 e. The van der Waals surface area contributed by atoms with Gasteiger partial charge in [0, 0.05) is 29.3 Å². The molecule has 0 aliphatic rings. The van der Waals surface area contributed by atoms with E-state index in [9.17, 15) is 18.3 Å². The predicted molar refractivity (Wildman–Crippen MR) is 112 cm³/mol. The molecule has 4 rings (SSSR count). The highest BCUT2D eigenvalue weighted by atomic mass is 79.9. The zero-order chi connectivity index (χ0) is 20.9. The fourth-order valence-corrected chi connectivity index (χ4v) is 4.33. The van der Waals surface area contributed by atoms with Gasteiger partial charge in [0.25, 0.3) is 0 Å². The second kappa shape index (κ2) is 6.94. The van der Waals surface area contributed by atoms with Crippen LogP contribution in [0.4, 0.5) is 0 Å². The van der Waals surface area contributed by atoms with E-state index in [2.05, 4.69) is 20.9 Å². The number of sulfonamides is 1. The number of rotatable bonds is 4. The molecule has 0 unspecified atom stereocenters. The topological polar surface area (TPSA) is 101 Å². The standard InChI is InChI=1S/C20H15BrN2O5S/c1-23(2)29(26,27)13-4-5-16-14(9-13)15(20(24)25)10-17(22-16)19-8-11-7-12(21)3-6-18(11)28-19/h3-10H,1-2H3,(H,24,25). The van der Waals surface area contributed by atoms with Crippen LogP contribution in [0.2, 0.25) is 0 Å². The van der Waals surface area contributed by atoms with Crippen molar-refractivity contribution in [3.05, 3.63) is 58.6 Å². The highest BCUT2D eigenvalue weighted by Gasteiger charge is 2.21. The first-order chi connectivity index (χ1) is 13.7. The Balaban J connectivity index is 1.94. The van der Waals surface area contributed by atoms with E-state index in [1.165, 1.54) is 38.4 Å². The Kier molecular flexibility index (Phi) is 4.68. The van der Waals surface area contributed by atoms with Gasteiger partial charge in [-0.05, 0) is 48.5 Å². The lowest BCUT2D eigenvalue weighted by atomic mass is 10.1. The molecule has 0 spiro atoms. The van der Waals surface area contributed by atoms with Gasteiger partial charge in [0.1, 0.15) is 11.3 Å². The van der Waals surface area contributed by atoms with Crippen LogP contribution in [0.3, 0.4) is 0 Å². The molecule has 148 valence electrons. The number of hydrogen-bond donors (Lipinski definition) is 1. The van der Waals surface area contributed by atoms with Crippen molar-refractivity contribution in [2.24, 2.45) is 0 Å². The molecule has 1 N–H and O–H groups in total. The van der Waals surface area contributed by atoms with Crippen LogP contribution in [0.15, 0.2) is 62.3 Å². The average molecular weight is 475 g/mol. The third kappa shape index (κ3) is 3.41. The minimum atomic E-state index is -3.70. The fraction of sp³-hybridized carbons (Fsp3) is 0.100. The van der Waals surface area contributed by atoms with Gasteiger partial charge in [-0.25, -0.2) is 22.5 Å². The quantitative estimate of drug-likeness (QED) is 0.471. The van der Waals surface area contributed by atoms with E-state index < -0.39 is 16.0 Å². The van der Waals surface area contributed by atoms with Gasteiger partial charge in [0.2, 0.25) is 10.0 Å². The van der Waals surface area contributed by atoms with Gasteiger partial charge >= 0.3 is 5.97 Å². The molecule has 2 aromatic heterocycles. The first-order valence-electron chi connectivity index (χ1n) is 8.47. The summed E-state index contributed by atoms with van der Waals surface area (Å²) in [6.45, 7) is 0. The molecule has 0 saturated heterocycles. The maximum absolute atomic E-state index is 12.4. The van der Waals surface area contributed by atoms with Crippen LogP contribution >= 0.6 is 15.9 Å². The zero-order valence-electron chi connectivity index (χ0n) is 15.4. The summed E-state index contributed by atoms with van der Waals surface area (Å²) in [4.78, 5) is 16.4. The van der Waals surface area contributed by atoms with Crippen molar-refractivity contribution < 1.29 is 22.7 Å². The summed E-state index contributed by atoms with van der Waals surface area (Å²) in [6, 6.07) is 13.0. The van der Waals surface area contributed by atoms with Crippen LogP contribution in [-0.4, -0.2) is 42.9 Å². The number of fused-ring (bicyclic) bond motifs is 2. The maximum atomic E-state index is 12.4. The molecular weight excluding hydrogens is 460 g/mol. The molecular formula is C20H15BrN2O5S. The van der Waals surface area contributed by atoms with Crippen LogP contribution in [0, 0.1) is 0 Å². The number of aromatic carboxylic acids is 1. The number of benzene rings is 2. The highest BCUT2D eigenvalue weighted by molar-refractivity contribution is 9.10. The van der Waals surface area contributed by atoms with Gasteiger partial charge in [0.15, 0.2) is 5.76 Å². The summed E-state index contributed by atoms with van der Waals surface area (Å²) in [5.41, 5.74) is 1.31. The molecule has 29 heavy (non-hydrogen) atoms. The smallest absolute Gasteiger partial charge is 0.336 e. The molecule has 0 aliphatic carbocycles. The molecule has 9 heteroatoms. The third-order valence-corrected chi connectivity index (χ3v) is 6.82. The highest BCUT2D eigenvalue weighted by Crippen LogP contribution is 2.32. The van der Waals surface area contributed by atoms with Gasteiger partial charge in [-0.2, -0.15) is 0 Å². The minimum Gasteiger partial charge on any atom is -0.478 e. The summed E-state index contributed by atoms with van der Waals surface area (Å²) in [5, 5.41) is 10.8. The zero-order valence-corrected chi connectivity index (χ0v) is 17.8. The number of hydrogen-bond acceptors (Lipinski definition) is 5. The summed E-state index contributed by atoms with van der Waals surface area (Å²) < 4.78 is 32.6. The van der Waals surface area contributed by atoms with Crippen LogP contribution in [-0.2, 0) is 10.0 Å². The summed E-state index contributed by atoms with van der Waals surface area (Å²) >= 11 is 3.41. The summed E-state index contributed by atoms with van der Waals surface area (Å²) in [6.07, 6.45) is 0. The van der Waals surface area contributed by atoms with Gasteiger partial charge in [-0.3, -0.25) is 0 Å². The van der Waals surface area contributed by atoms with E-state index in [1.54, 1.807) is 12.1 Å². The molecule has 2 aromatic carbocycles. The Morgan fingerprint density at radius 3 is 2.55 bits per heavy atom. The van der Waals surface area contributed by atoms with Gasteiger partial charge < -0.3 is 9.52 Å². The van der Waals surface area contributed by atoms with Gasteiger partial charge in [0.05, 0.1) is 16.0 Å². The number of nitrogens with zero attached hydrogens (tertiary/aromatic N) is 2. The van der Waals surface area contributed by atoms with Crippen molar-refractivity contribution in [2.75, 3.05) is 14.1 Å². The molecule has 2 heterocycles. The molecule has 0 fully saturated rings. The van der Waals surface area contributed by atoms with Crippen LogP contribution in [0.25, 0.3) is 33.3 Å². The van der Waals surface area contributed by atoms with E-state index in [1.807, 2.05) is 12.1 Å². The Morgan fingerprint density at radius 2 is 1.86 bits per heavy atom. The van der Waals surface area contributed by atoms with Crippen molar-refractivity contribution in [3.63, 3.8) is 0 Å². The minimum absolute atomic E-state index is 0.000590. The molecule has 7 nitrogen and oxygen atoms in total. The Hall–Kier alpha value is -2.75. The monoisotopic (exact) mass is 474 g/mol. The number of furan rings is 1. The number of aromatic nitrogens is 1. The molecule has 4 aromatic rings. The number of carbonyl (C=O) groups is 1. The molecule has 0 radical (unpaired) electrons. The van der Waals surface area contributed by atoms with E-state index in [4.69, 9.17) is 4.42 Å². The number of halogens is 1. The van der Waals surface area contributed by atoms with Crippen molar-refractivity contribution >= 4 is 53.8 Å². The first-order valence-corrected chi connectivity index (χ1v) is 10.7. The fourth-order valence-electron chi connectivity index (χ4n) is 3.02. The molecule has 0 aliphatic heterocycles. The lowest BCUT2D eigenvalue weighted by molar-refractivity contribution is 0.0699. The second-order valence-electron chi connectivity index (χ2n) is 6.62. The van der Waals surface area contributed by atoms with Crippen LogP contribution in [0.1, 0.15) is 10.4 Å². The lowest BCUT2D eigenvalue weighted by Gasteiger charge is -2.12. The summed E-state index contributed by atoms with van der Waals surface area (Å²) in [5.74, 6) is -0.760. The predicted octanol–water partition coefficient (Wildman–Crippen LogP) is 4.36. The molecule has 0 bridgehead atoms. The van der Waals surface area contributed by atoms with Crippen LogP contribution < -0.4 is 0 Å². The van der Waals surface area contributed by atoms with E-state index in [0.717, 1.165) is 14.2 Å². The Bertz CT molecular complexity index is 1390. The molecule has 0 saturated carbocycles. The maximum Gasteiger partial charge on any atom is 0.336 e. The van der Waals surface area contributed by atoms with Crippen molar-refractivity contribution in [1.29, 1.82) is 0 Å². The van der Waals surface area contributed by atoms with Crippen molar-refractivity contribution in [2.45, 2.75) is 4.90 Å². The Morgan fingerprint density at radius 1 is 1.10 bits per heavy atom. The van der Waals surface area contributed by atoms with Gasteiger partial charge in [-0.1, -0.05) is 15.9 Å². The van der Waals surface area contributed by atoms with Crippen molar-refractivity contribution in [1.82, 2.24) is 9.29 Å². The van der Waals surface area contributed by atoms with Crippen molar-refractivity contribution in [3.8, 4) is 11.5 Å². The van der Waals surface area contributed by atoms with Crippen LogP contribution in [0.5, 0.6) is 0 Å². The normalized spacial score (nSPS) is 12.1. The first kappa shape index (κ1) is 19.6. The molecule has 0 amide bonds. The lowest BCUT2D eigenvalue weighted by Crippen LogP contribution is -2.22. The molecule has 0 atom stereocenters. The van der Waals surface area contributed by atoms with E-state index >= 15 is 0 Å². The summed E-state index contributed by atoms with van der Waals surface area (Å²) in [7, 11) is -0.874. The number of carboxylic acid groups (broad SMARTS) is 1.